The van der Waals surface area contributed by atoms with Gasteiger partial charge in [-0.05, 0) is 13.8 Å². The first kappa shape index (κ1) is 8.95. The Labute approximate surface area is 83.6 Å². The number of aromatic nitrogens is 5. The molecule has 0 fully saturated rings. The van der Waals surface area contributed by atoms with Crippen LogP contribution in [0.2, 0.25) is 0 Å². The fourth-order valence-corrected chi connectivity index (χ4v) is 1.69. The molecule has 72 valence electrons. The van der Waals surface area contributed by atoms with Gasteiger partial charge in [0.05, 0.1) is 5.69 Å². The lowest BCUT2D eigenvalue weighted by Gasteiger charge is -1.93. The quantitative estimate of drug-likeness (QED) is 0.675. The average Bonchev–Trinajstić information content (AvgIpc) is 2.72. The summed E-state index contributed by atoms with van der Waals surface area (Å²) in [6.07, 6.45) is 0.673. The maximum atomic E-state index is 10.5. The van der Waals surface area contributed by atoms with Gasteiger partial charge in [-0.15, -0.1) is 15.3 Å². The predicted molar refractivity (Wildman–Crippen MR) is 49.7 cm³/mol. The molecule has 0 aliphatic carbocycles. The van der Waals surface area contributed by atoms with Crippen molar-refractivity contribution in [2.75, 3.05) is 0 Å². The molecule has 0 saturated heterocycles. The lowest BCUT2D eigenvalue weighted by Crippen LogP contribution is -1.98. The Morgan fingerprint density at radius 2 is 2.07 bits per heavy atom. The van der Waals surface area contributed by atoms with Crippen LogP contribution in [0, 0.1) is 13.8 Å². The van der Waals surface area contributed by atoms with E-state index < -0.39 is 0 Å². The van der Waals surface area contributed by atoms with E-state index in [2.05, 4.69) is 20.5 Å². The minimum Gasteiger partial charge on any atom is -0.296 e. The molecule has 7 heteroatoms. The number of aryl methyl sites for hydroxylation is 1. The minimum atomic E-state index is 0.331. The van der Waals surface area contributed by atoms with Crippen LogP contribution in [0.25, 0.3) is 5.13 Å². The Morgan fingerprint density at radius 1 is 1.29 bits per heavy atom. The summed E-state index contributed by atoms with van der Waals surface area (Å²) in [6.45, 7) is 3.62. The standard InChI is InChI=1S/C7H7N5OS/c1-4-6(3-13)9-11-12(4)7-10-8-5(2)14-7/h3H,1-2H3. The average molecular weight is 209 g/mol. The van der Waals surface area contributed by atoms with Crippen LogP contribution in [0.15, 0.2) is 0 Å². The van der Waals surface area contributed by atoms with Crippen LogP contribution >= 0.6 is 11.3 Å². The summed E-state index contributed by atoms with van der Waals surface area (Å²) in [5.41, 5.74) is 1.01. The maximum Gasteiger partial charge on any atom is 0.234 e. The molecule has 0 aromatic carbocycles. The Hall–Kier alpha value is -1.63. The molecular formula is C7H7N5OS. The molecule has 0 saturated carbocycles. The number of nitrogens with zero attached hydrogens (tertiary/aromatic N) is 5. The Kier molecular flexibility index (Phi) is 2.08. The number of aldehydes is 1. The smallest absolute Gasteiger partial charge is 0.234 e. The highest BCUT2D eigenvalue weighted by Crippen LogP contribution is 2.15. The Bertz CT molecular complexity index is 474. The second-order valence-electron chi connectivity index (χ2n) is 2.69. The Balaban J connectivity index is 2.51. The molecule has 6 nitrogen and oxygen atoms in total. The molecule has 0 bridgehead atoms. The van der Waals surface area contributed by atoms with Crippen molar-refractivity contribution in [1.82, 2.24) is 25.2 Å². The van der Waals surface area contributed by atoms with Crippen molar-refractivity contribution < 1.29 is 4.79 Å². The van der Waals surface area contributed by atoms with Gasteiger partial charge in [-0.25, -0.2) is 0 Å². The van der Waals surface area contributed by atoms with Gasteiger partial charge in [0.15, 0.2) is 6.29 Å². The van der Waals surface area contributed by atoms with E-state index >= 15 is 0 Å². The van der Waals surface area contributed by atoms with Gasteiger partial charge in [-0.1, -0.05) is 16.6 Å². The number of rotatable bonds is 2. The number of hydrogen-bond donors (Lipinski definition) is 0. The number of carbonyl (C=O) groups is 1. The monoisotopic (exact) mass is 209 g/mol. The van der Waals surface area contributed by atoms with Gasteiger partial charge in [0.1, 0.15) is 10.7 Å². The molecule has 0 spiro atoms. The third kappa shape index (κ3) is 1.31. The maximum absolute atomic E-state index is 10.5. The van der Waals surface area contributed by atoms with Gasteiger partial charge in [0.25, 0.3) is 0 Å². The van der Waals surface area contributed by atoms with E-state index in [1.54, 1.807) is 6.92 Å². The van der Waals surface area contributed by atoms with Crippen LogP contribution in [0.3, 0.4) is 0 Å². The topological polar surface area (TPSA) is 73.6 Å². The molecule has 0 atom stereocenters. The third-order valence-electron chi connectivity index (χ3n) is 1.74. The first-order chi connectivity index (χ1) is 6.72. The molecule has 2 aromatic rings. The van der Waals surface area contributed by atoms with Crippen molar-refractivity contribution >= 4 is 17.6 Å². The molecular weight excluding hydrogens is 202 g/mol. The van der Waals surface area contributed by atoms with E-state index in [9.17, 15) is 4.79 Å². The number of hydrogen-bond acceptors (Lipinski definition) is 6. The fourth-order valence-electron chi connectivity index (χ4n) is 1.00. The summed E-state index contributed by atoms with van der Waals surface area (Å²) in [6, 6.07) is 0. The summed E-state index contributed by atoms with van der Waals surface area (Å²) in [7, 11) is 0. The molecule has 2 rings (SSSR count). The van der Waals surface area contributed by atoms with Gasteiger partial charge < -0.3 is 0 Å². The zero-order valence-electron chi connectivity index (χ0n) is 7.63. The molecule has 0 N–H and O–H groups in total. The first-order valence-corrected chi connectivity index (χ1v) is 4.72. The van der Waals surface area contributed by atoms with Crippen molar-refractivity contribution in [1.29, 1.82) is 0 Å². The summed E-state index contributed by atoms with van der Waals surface area (Å²) in [5, 5.41) is 16.8. The second kappa shape index (κ2) is 3.26. The first-order valence-electron chi connectivity index (χ1n) is 3.90. The zero-order valence-corrected chi connectivity index (χ0v) is 8.45. The molecule has 2 aromatic heterocycles. The van der Waals surface area contributed by atoms with Crippen molar-refractivity contribution in [3.63, 3.8) is 0 Å². The summed E-state index contributed by atoms with van der Waals surface area (Å²) >= 11 is 1.40. The molecule has 0 aliphatic heterocycles. The van der Waals surface area contributed by atoms with Crippen LogP contribution in [0.5, 0.6) is 0 Å². The lowest BCUT2D eigenvalue weighted by molar-refractivity contribution is 0.111. The molecule has 0 unspecified atom stereocenters. The van der Waals surface area contributed by atoms with E-state index in [1.165, 1.54) is 16.0 Å². The van der Waals surface area contributed by atoms with Crippen LogP contribution < -0.4 is 0 Å². The van der Waals surface area contributed by atoms with Crippen LogP contribution in [-0.4, -0.2) is 31.5 Å². The van der Waals surface area contributed by atoms with E-state index in [1.807, 2.05) is 6.92 Å². The summed E-state index contributed by atoms with van der Waals surface area (Å²) < 4.78 is 1.51. The SMILES string of the molecule is Cc1nnc(-n2nnc(C=O)c2C)s1. The molecule has 2 heterocycles. The van der Waals surface area contributed by atoms with Crippen LogP contribution in [-0.2, 0) is 0 Å². The largest absolute Gasteiger partial charge is 0.296 e. The summed E-state index contributed by atoms with van der Waals surface area (Å²) in [4.78, 5) is 10.5. The highest BCUT2D eigenvalue weighted by atomic mass is 32.1. The van der Waals surface area contributed by atoms with Gasteiger partial charge in [-0.2, -0.15) is 4.68 Å². The molecule has 0 aliphatic rings. The van der Waals surface area contributed by atoms with Crippen molar-refractivity contribution in [2.45, 2.75) is 13.8 Å². The normalized spacial score (nSPS) is 10.4. The third-order valence-corrected chi connectivity index (χ3v) is 2.55. The highest BCUT2D eigenvalue weighted by Gasteiger charge is 2.11. The van der Waals surface area contributed by atoms with E-state index in [0.29, 0.717) is 22.8 Å². The van der Waals surface area contributed by atoms with E-state index in [-0.39, 0.29) is 0 Å². The van der Waals surface area contributed by atoms with Crippen LogP contribution in [0.4, 0.5) is 0 Å². The molecule has 14 heavy (non-hydrogen) atoms. The van der Waals surface area contributed by atoms with Gasteiger partial charge in [-0.3, -0.25) is 4.79 Å². The van der Waals surface area contributed by atoms with E-state index in [0.717, 1.165) is 5.01 Å². The highest BCUT2D eigenvalue weighted by molar-refractivity contribution is 7.13. The lowest BCUT2D eigenvalue weighted by atomic mass is 10.4. The van der Waals surface area contributed by atoms with Crippen molar-refractivity contribution in [3.8, 4) is 5.13 Å². The molecule has 0 radical (unpaired) electrons. The minimum absolute atomic E-state index is 0.331. The van der Waals surface area contributed by atoms with E-state index in [4.69, 9.17) is 0 Å². The van der Waals surface area contributed by atoms with Gasteiger partial charge in [0.2, 0.25) is 5.13 Å². The summed E-state index contributed by atoms with van der Waals surface area (Å²) in [5.74, 6) is 0. The van der Waals surface area contributed by atoms with Gasteiger partial charge >= 0.3 is 0 Å². The second-order valence-corrected chi connectivity index (χ2v) is 3.85. The van der Waals surface area contributed by atoms with Crippen molar-refractivity contribution in [3.05, 3.63) is 16.4 Å². The predicted octanol–water partition coefficient (Wildman–Crippen LogP) is 0.548. The Morgan fingerprint density at radius 3 is 2.57 bits per heavy atom. The van der Waals surface area contributed by atoms with Crippen LogP contribution in [0.1, 0.15) is 21.2 Å². The number of carbonyl (C=O) groups excluding carboxylic acids is 1. The van der Waals surface area contributed by atoms with Crippen molar-refractivity contribution in [2.24, 2.45) is 0 Å². The zero-order chi connectivity index (χ0) is 10.1. The molecule has 0 amide bonds. The van der Waals surface area contributed by atoms with Gasteiger partial charge in [0, 0.05) is 0 Å². The fraction of sp³-hybridized carbons (Fsp3) is 0.286.